The van der Waals surface area contributed by atoms with Gasteiger partial charge in [-0.15, -0.1) is 21.5 Å². The molecule has 0 spiro atoms. The van der Waals surface area contributed by atoms with E-state index in [1.54, 1.807) is 23.9 Å². The second kappa shape index (κ2) is 7.08. The molecule has 1 atom stereocenters. The van der Waals surface area contributed by atoms with Crippen molar-refractivity contribution in [3.8, 4) is 0 Å². The van der Waals surface area contributed by atoms with Crippen LogP contribution in [-0.2, 0) is 7.05 Å². The van der Waals surface area contributed by atoms with Crippen molar-refractivity contribution < 1.29 is 4.79 Å². The Hall–Kier alpha value is -1.96. The highest BCUT2D eigenvalue weighted by molar-refractivity contribution is 7.09. The van der Waals surface area contributed by atoms with Crippen LogP contribution in [0.1, 0.15) is 49.0 Å². The fourth-order valence-corrected chi connectivity index (χ4v) is 3.76. The zero-order valence-corrected chi connectivity index (χ0v) is 14.3. The number of carbonyl (C=O) groups is 1. The first-order valence-corrected chi connectivity index (χ1v) is 8.85. The number of hydrogen-bond acceptors (Lipinski definition) is 5. The number of likely N-dealkylation sites (tertiary alicyclic amines) is 1. The minimum Gasteiger partial charge on any atom is -0.329 e. The van der Waals surface area contributed by atoms with Crippen LogP contribution in [0, 0.1) is 0 Å². The molecular weight excluding hydrogens is 312 g/mol. The van der Waals surface area contributed by atoms with Crippen LogP contribution in [0.15, 0.2) is 17.9 Å². The van der Waals surface area contributed by atoms with Crippen molar-refractivity contribution in [1.82, 2.24) is 30.0 Å². The largest absolute Gasteiger partial charge is 0.329 e. The summed E-state index contributed by atoms with van der Waals surface area (Å²) in [5, 5.41) is 14.1. The minimum absolute atomic E-state index is 0.000959. The molecule has 0 radical (unpaired) electrons. The number of piperidine rings is 1. The lowest BCUT2D eigenvalue weighted by Crippen LogP contribution is -2.45. The summed E-state index contributed by atoms with van der Waals surface area (Å²) in [6.45, 7) is 3.56. The van der Waals surface area contributed by atoms with E-state index in [0.29, 0.717) is 5.92 Å². The molecule has 2 aromatic rings. The lowest BCUT2D eigenvalue weighted by atomic mass is 9.96. The van der Waals surface area contributed by atoms with Gasteiger partial charge in [-0.05, 0) is 19.3 Å². The second-order valence-corrected chi connectivity index (χ2v) is 6.77. The Morgan fingerprint density at radius 3 is 2.83 bits per heavy atom. The molecule has 8 heteroatoms. The van der Waals surface area contributed by atoms with Crippen molar-refractivity contribution in [3.63, 3.8) is 0 Å². The van der Waals surface area contributed by atoms with Crippen LogP contribution in [0.2, 0.25) is 0 Å². The predicted molar refractivity (Wildman–Crippen MR) is 88.2 cm³/mol. The van der Waals surface area contributed by atoms with Gasteiger partial charge >= 0.3 is 6.03 Å². The van der Waals surface area contributed by atoms with Crippen LogP contribution in [0.3, 0.4) is 0 Å². The van der Waals surface area contributed by atoms with Crippen LogP contribution < -0.4 is 5.32 Å². The van der Waals surface area contributed by atoms with Gasteiger partial charge in [0.1, 0.15) is 17.2 Å². The molecule has 2 amide bonds. The summed E-state index contributed by atoms with van der Waals surface area (Å²) >= 11 is 1.58. The van der Waals surface area contributed by atoms with E-state index in [1.165, 1.54) is 0 Å². The lowest BCUT2D eigenvalue weighted by molar-refractivity contribution is 0.176. The Labute approximate surface area is 139 Å². The number of urea groups is 1. The molecule has 3 rings (SSSR count). The number of rotatable bonds is 4. The molecule has 7 nitrogen and oxygen atoms in total. The molecule has 0 aromatic carbocycles. The number of carbonyl (C=O) groups excluding carboxylic acids is 1. The molecule has 3 heterocycles. The summed E-state index contributed by atoms with van der Waals surface area (Å²) in [5.41, 5.74) is 0. The van der Waals surface area contributed by atoms with E-state index in [1.807, 2.05) is 21.9 Å². The van der Waals surface area contributed by atoms with E-state index < -0.39 is 0 Å². The van der Waals surface area contributed by atoms with Crippen molar-refractivity contribution in [1.29, 1.82) is 0 Å². The van der Waals surface area contributed by atoms with Gasteiger partial charge in [0.2, 0.25) is 0 Å². The van der Waals surface area contributed by atoms with Gasteiger partial charge in [0.15, 0.2) is 0 Å². The Kier molecular flexibility index (Phi) is 4.90. The van der Waals surface area contributed by atoms with E-state index in [0.717, 1.165) is 43.2 Å². The molecule has 2 aromatic heterocycles. The number of aromatic nitrogens is 4. The van der Waals surface area contributed by atoms with Crippen LogP contribution in [0.5, 0.6) is 0 Å². The zero-order valence-electron chi connectivity index (χ0n) is 13.5. The molecule has 1 unspecified atom stereocenters. The second-order valence-electron chi connectivity index (χ2n) is 5.84. The smallest absolute Gasteiger partial charge is 0.317 e. The summed E-state index contributed by atoms with van der Waals surface area (Å²) in [4.78, 5) is 18.7. The quantitative estimate of drug-likeness (QED) is 0.931. The third-order valence-electron chi connectivity index (χ3n) is 4.35. The van der Waals surface area contributed by atoms with Crippen molar-refractivity contribution in [2.45, 2.75) is 38.1 Å². The average Bonchev–Trinajstić information content (AvgIpc) is 3.24. The summed E-state index contributed by atoms with van der Waals surface area (Å²) < 4.78 is 1.97. The van der Waals surface area contributed by atoms with Crippen molar-refractivity contribution >= 4 is 17.4 Å². The molecule has 0 aliphatic carbocycles. The topological polar surface area (TPSA) is 75.9 Å². The number of nitrogens with zero attached hydrogens (tertiary/aromatic N) is 5. The molecule has 1 saturated heterocycles. The summed E-state index contributed by atoms with van der Waals surface area (Å²) in [7, 11) is 1.97. The third kappa shape index (κ3) is 3.52. The molecule has 1 N–H and O–H groups in total. The lowest BCUT2D eigenvalue weighted by Gasteiger charge is -2.32. The van der Waals surface area contributed by atoms with Crippen molar-refractivity contribution in [2.24, 2.45) is 7.05 Å². The van der Waals surface area contributed by atoms with Gasteiger partial charge in [-0.3, -0.25) is 0 Å². The third-order valence-corrected chi connectivity index (χ3v) is 5.24. The van der Waals surface area contributed by atoms with E-state index in [4.69, 9.17) is 0 Å². The highest BCUT2D eigenvalue weighted by Gasteiger charge is 2.27. The number of thiazole rings is 1. The van der Waals surface area contributed by atoms with Gasteiger partial charge in [-0.1, -0.05) is 6.92 Å². The average molecular weight is 334 g/mol. The molecular formula is C15H22N6OS. The van der Waals surface area contributed by atoms with Crippen LogP contribution in [-0.4, -0.2) is 43.8 Å². The van der Waals surface area contributed by atoms with Gasteiger partial charge in [0.25, 0.3) is 0 Å². The maximum absolute atomic E-state index is 12.5. The predicted octanol–water partition coefficient (Wildman–Crippen LogP) is 2.31. The van der Waals surface area contributed by atoms with E-state index >= 15 is 0 Å². The van der Waals surface area contributed by atoms with Gasteiger partial charge < -0.3 is 14.8 Å². The molecule has 124 valence electrons. The van der Waals surface area contributed by atoms with E-state index in [-0.39, 0.29) is 12.1 Å². The molecule has 1 aliphatic heterocycles. The number of hydrogen-bond donors (Lipinski definition) is 1. The zero-order chi connectivity index (χ0) is 16.2. The van der Waals surface area contributed by atoms with Gasteiger partial charge in [0.05, 0.1) is 6.04 Å². The van der Waals surface area contributed by atoms with E-state index in [2.05, 4.69) is 27.4 Å². The first-order valence-electron chi connectivity index (χ1n) is 7.97. The normalized spacial score (nSPS) is 17.2. The fraction of sp³-hybridized carbons (Fsp3) is 0.600. The Morgan fingerprint density at radius 2 is 2.26 bits per heavy atom. The van der Waals surface area contributed by atoms with Gasteiger partial charge in [0, 0.05) is 37.6 Å². The summed E-state index contributed by atoms with van der Waals surface area (Å²) in [5.74, 6) is 1.40. The molecule has 23 heavy (non-hydrogen) atoms. The highest BCUT2D eigenvalue weighted by atomic mass is 32.1. The summed E-state index contributed by atoms with van der Waals surface area (Å²) in [6.07, 6.45) is 6.20. The van der Waals surface area contributed by atoms with Crippen LogP contribution >= 0.6 is 11.3 Å². The number of aryl methyl sites for hydroxylation is 1. The van der Waals surface area contributed by atoms with E-state index in [9.17, 15) is 4.79 Å². The maximum atomic E-state index is 12.5. The highest BCUT2D eigenvalue weighted by Crippen LogP contribution is 2.26. The SMILES string of the molecule is CCC(NC(=O)N1CCC(c2nncn2C)CC1)c1nccs1. The number of amides is 2. The molecule has 1 aliphatic rings. The van der Waals surface area contributed by atoms with Crippen molar-refractivity contribution in [2.75, 3.05) is 13.1 Å². The molecule has 0 saturated carbocycles. The van der Waals surface area contributed by atoms with Gasteiger partial charge in [-0.25, -0.2) is 9.78 Å². The standard InChI is InChI=1S/C15H22N6OS/c1-3-12(14-16-6-9-23-14)18-15(22)21-7-4-11(5-8-21)13-19-17-10-20(13)2/h6,9-12H,3-5,7-8H2,1-2H3,(H,18,22). The Balaban J connectivity index is 1.55. The maximum Gasteiger partial charge on any atom is 0.317 e. The van der Waals surface area contributed by atoms with Crippen LogP contribution in [0.4, 0.5) is 4.79 Å². The first-order chi connectivity index (χ1) is 11.2. The summed E-state index contributed by atoms with van der Waals surface area (Å²) in [6, 6.07) is 0.00225. The monoisotopic (exact) mass is 334 g/mol. The van der Waals surface area contributed by atoms with Crippen molar-refractivity contribution in [3.05, 3.63) is 28.7 Å². The molecule has 0 bridgehead atoms. The minimum atomic E-state index is -0.000959. The number of nitrogens with one attached hydrogen (secondary N) is 1. The van der Waals surface area contributed by atoms with Gasteiger partial charge in [-0.2, -0.15) is 0 Å². The fourth-order valence-electron chi connectivity index (χ4n) is 2.99. The Bertz CT molecular complexity index is 632. The van der Waals surface area contributed by atoms with Crippen LogP contribution in [0.25, 0.3) is 0 Å². The first kappa shape index (κ1) is 15.9. The molecule has 1 fully saturated rings. The Morgan fingerprint density at radius 1 is 1.48 bits per heavy atom.